The van der Waals surface area contributed by atoms with Gasteiger partial charge >= 0.3 is 0 Å². The summed E-state index contributed by atoms with van der Waals surface area (Å²) in [7, 11) is 2.96. The monoisotopic (exact) mass is 514 g/mol. The van der Waals surface area contributed by atoms with Crippen LogP contribution < -0.4 is 9.47 Å². The summed E-state index contributed by atoms with van der Waals surface area (Å²) in [4.78, 5) is 30.1. The Balaban J connectivity index is 1.66. The van der Waals surface area contributed by atoms with Gasteiger partial charge in [0.2, 0.25) is 17.6 Å². The molecule has 3 aromatic rings. The van der Waals surface area contributed by atoms with E-state index in [0.29, 0.717) is 37.4 Å². The summed E-state index contributed by atoms with van der Waals surface area (Å²) in [5, 5.41) is 10.4. The summed E-state index contributed by atoms with van der Waals surface area (Å²) < 4.78 is 10.7. The number of phenolic OH excluding ortho intramolecular Hbond substituents is 1. The number of amides is 2. The molecule has 0 aliphatic carbocycles. The molecule has 0 bridgehead atoms. The minimum Gasteiger partial charge on any atom is -0.502 e. The Kier molecular flexibility index (Phi) is 8.69. The van der Waals surface area contributed by atoms with E-state index in [1.807, 2.05) is 76.5 Å². The van der Waals surface area contributed by atoms with Gasteiger partial charge in [-0.05, 0) is 47.7 Å². The molecule has 7 heteroatoms. The van der Waals surface area contributed by atoms with Crippen LogP contribution in [0.25, 0.3) is 6.08 Å². The predicted molar refractivity (Wildman–Crippen MR) is 147 cm³/mol. The Hall–Kier alpha value is -4.26. The van der Waals surface area contributed by atoms with E-state index >= 15 is 0 Å². The fraction of sp³-hybridized carbons (Fsp3) is 0.290. The lowest BCUT2D eigenvalue weighted by Crippen LogP contribution is -2.61. The minimum absolute atomic E-state index is 0.0243. The fourth-order valence-corrected chi connectivity index (χ4v) is 5.01. The average Bonchev–Trinajstić information content (AvgIpc) is 2.94. The Labute approximate surface area is 223 Å². The third kappa shape index (κ3) is 6.35. The zero-order valence-electron chi connectivity index (χ0n) is 22.0. The summed E-state index contributed by atoms with van der Waals surface area (Å²) in [6.07, 6.45) is 4.53. The maximum atomic E-state index is 13.6. The van der Waals surface area contributed by atoms with Crippen molar-refractivity contribution < 1.29 is 24.2 Å². The number of carbonyl (C=O) groups is 2. The largest absolute Gasteiger partial charge is 0.502 e. The van der Waals surface area contributed by atoms with Crippen molar-refractivity contribution in [2.75, 3.05) is 27.3 Å². The number of benzene rings is 3. The van der Waals surface area contributed by atoms with Crippen molar-refractivity contribution in [1.82, 2.24) is 9.80 Å². The molecule has 0 saturated carbocycles. The van der Waals surface area contributed by atoms with Gasteiger partial charge in [-0.25, -0.2) is 0 Å². The first kappa shape index (κ1) is 26.8. The van der Waals surface area contributed by atoms with Gasteiger partial charge in [-0.2, -0.15) is 0 Å². The maximum Gasteiger partial charge on any atom is 0.246 e. The summed E-state index contributed by atoms with van der Waals surface area (Å²) >= 11 is 0. The molecule has 7 nitrogen and oxygen atoms in total. The van der Waals surface area contributed by atoms with Gasteiger partial charge in [-0.3, -0.25) is 9.59 Å². The van der Waals surface area contributed by atoms with E-state index in [0.717, 1.165) is 16.7 Å². The number of ether oxygens (including phenoxy) is 2. The highest BCUT2D eigenvalue weighted by molar-refractivity contribution is 5.92. The molecule has 1 fully saturated rings. The topological polar surface area (TPSA) is 79.3 Å². The summed E-state index contributed by atoms with van der Waals surface area (Å²) in [5.74, 6) is 0.376. The third-order valence-corrected chi connectivity index (χ3v) is 6.93. The van der Waals surface area contributed by atoms with Crippen LogP contribution in [0.5, 0.6) is 17.2 Å². The molecule has 1 aliphatic rings. The number of nitrogens with zero attached hydrogens (tertiary/aromatic N) is 2. The summed E-state index contributed by atoms with van der Waals surface area (Å²) in [5.41, 5.74) is 2.88. The number of piperazine rings is 1. The molecule has 198 valence electrons. The SMILES string of the molecule is COc1cc(C[C@H]2CN(C(C)=O)[C@@H](Cc3ccccc3)CN2C(=O)/C=C/c2ccccc2)cc(OC)c1O. The molecule has 0 spiro atoms. The van der Waals surface area contributed by atoms with Crippen LogP contribution in [0.2, 0.25) is 0 Å². The van der Waals surface area contributed by atoms with E-state index in [1.54, 1.807) is 25.1 Å². The Morgan fingerprint density at radius 1 is 0.842 bits per heavy atom. The summed E-state index contributed by atoms with van der Waals surface area (Å²) in [6, 6.07) is 22.8. The molecular weight excluding hydrogens is 480 g/mol. The number of methoxy groups -OCH3 is 2. The van der Waals surface area contributed by atoms with E-state index in [4.69, 9.17) is 9.47 Å². The van der Waals surface area contributed by atoms with Gasteiger partial charge < -0.3 is 24.4 Å². The quantitative estimate of drug-likeness (QED) is 0.453. The highest BCUT2D eigenvalue weighted by atomic mass is 16.5. The van der Waals surface area contributed by atoms with Crippen molar-refractivity contribution in [2.45, 2.75) is 31.8 Å². The zero-order chi connectivity index (χ0) is 27.1. The van der Waals surface area contributed by atoms with E-state index in [1.165, 1.54) is 14.2 Å². The first-order valence-corrected chi connectivity index (χ1v) is 12.7. The van der Waals surface area contributed by atoms with Crippen LogP contribution in [-0.2, 0) is 22.4 Å². The van der Waals surface area contributed by atoms with Gasteiger partial charge in [-0.1, -0.05) is 60.7 Å². The van der Waals surface area contributed by atoms with Crippen LogP contribution in [-0.4, -0.2) is 66.1 Å². The Morgan fingerprint density at radius 2 is 1.37 bits per heavy atom. The van der Waals surface area contributed by atoms with E-state index in [-0.39, 0.29) is 29.6 Å². The smallest absolute Gasteiger partial charge is 0.246 e. The molecule has 4 rings (SSSR count). The number of hydrogen-bond acceptors (Lipinski definition) is 5. The number of rotatable bonds is 8. The molecule has 0 radical (unpaired) electrons. The average molecular weight is 515 g/mol. The second-order valence-electron chi connectivity index (χ2n) is 9.46. The van der Waals surface area contributed by atoms with Crippen molar-refractivity contribution >= 4 is 17.9 Å². The van der Waals surface area contributed by atoms with E-state index < -0.39 is 0 Å². The van der Waals surface area contributed by atoms with Crippen molar-refractivity contribution in [3.05, 3.63) is 95.6 Å². The molecule has 1 saturated heterocycles. The molecule has 38 heavy (non-hydrogen) atoms. The van der Waals surface area contributed by atoms with E-state index in [9.17, 15) is 14.7 Å². The fourth-order valence-electron chi connectivity index (χ4n) is 5.01. The van der Waals surface area contributed by atoms with Crippen LogP contribution in [0, 0.1) is 0 Å². The zero-order valence-corrected chi connectivity index (χ0v) is 22.0. The van der Waals surface area contributed by atoms with Crippen molar-refractivity contribution in [1.29, 1.82) is 0 Å². The maximum absolute atomic E-state index is 13.6. The predicted octanol–water partition coefficient (Wildman–Crippen LogP) is 4.34. The minimum atomic E-state index is -0.280. The molecule has 2 amide bonds. The molecule has 1 N–H and O–H groups in total. The van der Waals surface area contributed by atoms with Gasteiger partial charge in [0.25, 0.3) is 0 Å². The van der Waals surface area contributed by atoms with Gasteiger partial charge in [-0.15, -0.1) is 0 Å². The number of carbonyl (C=O) groups excluding carboxylic acids is 2. The van der Waals surface area contributed by atoms with Crippen LogP contribution in [0.1, 0.15) is 23.6 Å². The number of phenols is 1. The molecule has 0 unspecified atom stereocenters. The standard InChI is InChI=1S/C31H34N2O5/c1-22(34)32-20-27(17-25-18-28(37-2)31(36)29(19-25)38-3)33(21-26(32)16-24-12-8-5-9-13-24)30(35)15-14-23-10-6-4-7-11-23/h4-15,18-19,26-27,36H,16-17,20-21H2,1-3H3/b15-14+/t26-,27-/m0/s1. The van der Waals surface area contributed by atoms with E-state index in [2.05, 4.69) is 0 Å². The van der Waals surface area contributed by atoms with Crippen molar-refractivity contribution in [3.8, 4) is 17.2 Å². The Bertz CT molecular complexity index is 1250. The first-order valence-electron chi connectivity index (χ1n) is 12.7. The van der Waals surface area contributed by atoms with Gasteiger partial charge in [0.1, 0.15) is 0 Å². The van der Waals surface area contributed by atoms with Gasteiger partial charge in [0.05, 0.1) is 26.3 Å². The van der Waals surface area contributed by atoms with Crippen LogP contribution in [0.4, 0.5) is 0 Å². The normalized spacial score (nSPS) is 17.4. The number of aromatic hydroxyl groups is 1. The lowest BCUT2D eigenvalue weighted by molar-refractivity contribution is -0.142. The second kappa shape index (κ2) is 12.3. The lowest BCUT2D eigenvalue weighted by Gasteiger charge is -2.46. The van der Waals surface area contributed by atoms with Crippen molar-refractivity contribution in [3.63, 3.8) is 0 Å². The highest BCUT2D eigenvalue weighted by Gasteiger charge is 2.37. The molecule has 1 heterocycles. The van der Waals surface area contributed by atoms with Crippen LogP contribution in [0.3, 0.4) is 0 Å². The number of hydrogen-bond donors (Lipinski definition) is 1. The third-order valence-electron chi connectivity index (χ3n) is 6.93. The highest BCUT2D eigenvalue weighted by Crippen LogP contribution is 2.38. The molecule has 0 aromatic heterocycles. The molecule has 1 aliphatic heterocycles. The molecule has 2 atom stereocenters. The molecular formula is C31H34N2O5. The first-order chi connectivity index (χ1) is 18.4. The van der Waals surface area contributed by atoms with Crippen LogP contribution >= 0.6 is 0 Å². The van der Waals surface area contributed by atoms with Gasteiger partial charge in [0, 0.05) is 26.1 Å². The summed E-state index contributed by atoms with van der Waals surface area (Å²) in [6.45, 7) is 2.38. The van der Waals surface area contributed by atoms with Gasteiger partial charge in [0.15, 0.2) is 11.5 Å². The Morgan fingerprint density at radius 3 is 1.95 bits per heavy atom. The lowest BCUT2D eigenvalue weighted by atomic mass is 9.95. The molecule has 3 aromatic carbocycles. The van der Waals surface area contributed by atoms with Crippen LogP contribution in [0.15, 0.2) is 78.9 Å². The second-order valence-corrected chi connectivity index (χ2v) is 9.46. The van der Waals surface area contributed by atoms with Crippen molar-refractivity contribution in [2.24, 2.45) is 0 Å².